The molecular formula is C13H22N4O. The van der Waals surface area contributed by atoms with Gasteiger partial charge >= 0.3 is 5.69 Å². The molecule has 2 saturated carbocycles. The zero-order valence-corrected chi connectivity index (χ0v) is 10.8. The van der Waals surface area contributed by atoms with Gasteiger partial charge in [-0.25, -0.2) is 9.89 Å². The first-order valence-electron chi connectivity index (χ1n) is 7.17. The predicted octanol–water partition coefficient (Wildman–Crippen LogP) is 1.80. The number of H-pyrrole nitrogens is 1. The van der Waals surface area contributed by atoms with Crippen molar-refractivity contribution in [2.24, 2.45) is 5.73 Å². The summed E-state index contributed by atoms with van der Waals surface area (Å²) in [6.07, 6.45) is 10.0. The van der Waals surface area contributed by atoms with Gasteiger partial charge in [0.2, 0.25) is 0 Å². The molecule has 3 N–H and O–H groups in total. The summed E-state index contributed by atoms with van der Waals surface area (Å²) < 4.78 is 1.86. The van der Waals surface area contributed by atoms with Gasteiger partial charge in [0.1, 0.15) is 0 Å². The molecule has 1 aromatic rings. The van der Waals surface area contributed by atoms with E-state index in [-0.39, 0.29) is 11.2 Å². The van der Waals surface area contributed by atoms with Crippen LogP contribution in [0, 0.1) is 0 Å². The number of aromatic nitrogens is 3. The van der Waals surface area contributed by atoms with Gasteiger partial charge in [0, 0.05) is 6.04 Å². The number of nitrogens with two attached hydrogens (primary N) is 1. The fraction of sp³-hybridized carbons (Fsp3) is 0.846. The SMILES string of the molecule is NC1(c2n[nH]c(=O)n2C2CCCC2)CCCCC1. The Morgan fingerprint density at radius 3 is 2.50 bits per heavy atom. The molecule has 18 heavy (non-hydrogen) atoms. The van der Waals surface area contributed by atoms with E-state index in [4.69, 9.17) is 5.73 Å². The fourth-order valence-electron chi connectivity index (χ4n) is 3.56. The molecule has 0 unspecified atom stereocenters. The Morgan fingerprint density at radius 2 is 1.83 bits per heavy atom. The van der Waals surface area contributed by atoms with Crippen molar-refractivity contribution in [1.82, 2.24) is 14.8 Å². The van der Waals surface area contributed by atoms with Crippen LogP contribution in [0.25, 0.3) is 0 Å². The van der Waals surface area contributed by atoms with Crippen LogP contribution in [0.3, 0.4) is 0 Å². The Hall–Kier alpha value is -1.10. The number of aromatic amines is 1. The van der Waals surface area contributed by atoms with Gasteiger partial charge < -0.3 is 5.73 Å². The molecule has 0 radical (unpaired) electrons. The molecule has 3 rings (SSSR count). The van der Waals surface area contributed by atoms with Crippen molar-refractivity contribution in [3.05, 3.63) is 16.3 Å². The molecule has 5 heteroatoms. The minimum absolute atomic E-state index is 0.0766. The van der Waals surface area contributed by atoms with Crippen LogP contribution in [0.5, 0.6) is 0 Å². The maximum atomic E-state index is 12.0. The van der Waals surface area contributed by atoms with E-state index in [0.717, 1.165) is 44.3 Å². The van der Waals surface area contributed by atoms with Crippen molar-refractivity contribution in [1.29, 1.82) is 0 Å². The smallest absolute Gasteiger partial charge is 0.319 e. The number of nitrogens with zero attached hydrogens (tertiary/aromatic N) is 2. The highest BCUT2D eigenvalue weighted by Crippen LogP contribution is 2.36. The second-order valence-corrected chi connectivity index (χ2v) is 5.88. The standard InChI is InChI=1S/C13H22N4O/c14-13(8-4-1-5-9-13)11-15-16-12(18)17(11)10-6-2-3-7-10/h10H,1-9,14H2,(H,16,18). The lowest BCUT2D eigenvalue weighted by molar-refractivity contribution is 0.269. The molecule has 100 valence electrons. The Balaban J connectivity index is 1.98. The molecule has 0 bridgehead atoms. The number of hydrogen-bond donors (Lipinski definition) is 2. The topological polar surface area (TPSA) is 76.7 Å². The third-order valence-electron chi connectivity index (χ3n) is 4.59. The highest BCUT2D eigenvalue weighted by Gasteiger charge is 2.36. The first-order valence-corrected chi connectivity index (χ1v) is 7.17. The van der Waals surface area contributed by atoms with Crippen molar-refractivity contribution >= 4 is 0 Å². The molecule has 0 aromatic carbocycles. The largest absolute Gasteiger partial charge is 0.343 e. The second kappa shape index (κ2) is 4.53. The van der Waals surface area contributed by atoms with Crippen LogP contribution in [-0.2, 0) is 5.54 Å². The molecule has 1 aromatic heterocycles. The Kier molecular flexibility index (Phi) is 3.01. The van der Waals surface area contributed by atoms with Gasteiger partial charge in [0.25, 0.3) is 0 Å². The summed E-state index contributed by atoms with van der Waals surface area (Å²) in [5, 5.41) is 6.87. The minimum Gasteiger partial charge on any atom is -0.319 e. The number of hydrogen-bond acceptors (Lipinski definition) is 3. The molecule has 2 aliphatic carbocycles. The Bertz CT molecular complexity index is 464. The van der Waals surface area contributed by atoms with Crippen LogP contribution in [-0.4, -0.2) is 14.8 Å². The van der Waals surface area contributed by atoms with Crippen molar-refractivity contribution < 1.29 is 0 Å². The highest BCUT2D eigenvalue weighted by molar-refractivity contribution is 5.08. The summed E-state index contributed by atoms with van der Waals surface area (Å²) in [4.78, 5) is 12.0. The van der Waals surface area contributed by atoms with Crippen LogP contribution >= 0.6 is 0 Å². The number of nitrogens with one attached hydrogen (secondary N) is 1. The van der Waals surface area contributed by atoms with Gasteiger partial charge in [-0.1, -0.05) is 32.1 Å². The average Bonchev–Trinajstić information content (AvgIpc) is 2.98. The summed E-state index contributed by atoms with van der Waals surface area (Å²) in [6.45, 7) is 0. The Morgan fingerprint density at radius 1 is 1.17 bits per heavy atom. The molecule has 0 amide bonds. The zero-order valence-electron chi connectivity index (χ0n) is 10.8. The highest BCUT2D eigenvalue weighted by atomic mass is 16.1. The maximum Gasteiger partial charge on any atom is 0.343 e. The van der Waals surface area contributed by atoms with Crippen LogP contribution in [0.15, 0.2) is 4.79 Å². The third kappa shape index (κ3) is 1.90. The van der Waals surface area contributed by atoms with Crippen molar-refractivity contribution in [3.8, 4) is 0 Å². The molecule has 2 fully saturated rings. The molecule has 1 heterocycles. The summed E-state index contributed by atoms with van der Waals surface area (Å²) in [7, 11) is 0. The first-order chi connectivity index (χ1) is 8.71. The van der Waals surface area contributed by atoms with Crippen LogP contribution in [0.2, 0.25) is 0 Å². The van der Waals surface area contributed by atoms with Crippen LogP contribution in [0.1, 0.15) is 69.7 Å². The molecule has 0 saturated heterocycles. The predicted molar refractivity (Wildman–Crippen MR) is 69.3 cm³/mol. The molecule has 0 aliphatic heterocycles. The zero-order chi connectivity index (χ0) is 12.6. The molecule has 0 spiro atoms. The summed E-state index contributed by atoms with van der Waals surface area (Å²) in [5.74, 6) is 0.805. The monoisotopic (exact) mass is 250 g/mol. The lowest BCUT2D eigenvalue weighted by Crippen LogP contribution is -2.43. The van der Waals surface area contributed by atoms with Crippen molar-refractivity contribution in [2.45, 2.75) is 69.4 Å². The van der Waals surface area contributed by atoms with E-state index < -0.39 is 0 Å². The third-order valence-corrected chi connectivity index (χ3v) is 4.59. The van der Waals surface area contributed by atoms with E-state index in [1.807, 2.05) is 4.57 Å². The fourth-order valence-corrected chi connectivity index (χ4v) is 3.56. The normalized spacial score (nSPS) is 24.5. The second-order valence-electron chi connectivity index (χ2n) is 5.88. The summed E-state index contributed by atoms with van der Waals surface area (Å²) in [6, 6.07) is 0.314. The van der Waals surface area contributed by atoms with Gasteiger partial charge in [-0.05, 0) is 25.7 Å². The summed E-state index contributed by atoms with van der Waals surface area (Å²) in [5.41, 5.74) is 6.05. The van der Waals surface area contributed by atoms with Gasteiger partial charge in [0.05, 0.1) is 5.54 Å². The number of rotatable bonds is 2. The lowest BCUT2D eigenvalue weighted by atomic mass is 9.81. The lowest BCUT2D eigenvalue weighted by Gasteiger charge is -2.33. The van der Waals surface area contributed by atoms with E-state index >= 15 is 0 Å². The quantitative estimate of drug-likeness (QED) is 0.840. The van der Waals surface area contributed by atoms with Crippen molar-refractivity contribution in [2.75, 3.05) is 0 Å². The molecule has 2 aliphatic rings. The minimum atomic E-state index is -0.389. The van der Waals surface area contributed by atoms with Gasteiger partial charge in [-0.15, -0.1) is 0 Å². The molecule has 5 nitrogen and oxygen atoms in total. The van der Waals surface area contributed by atoms with E-state index in [9.17, 15) is 4.79 Å². The van der Waals surface area contributed by atoms with Crippen LogP contribution < -0.4 is 11.4 Å². The first kappa shape index (κ1) is 12.0. The van der Waals surface area contributed by atoms with Gasteiger partial charge in [-0.3, -0.25) is 4.57 Å². The van der Waals surface area contributed by atoms with Gasteiger partial charge in [-0.2, -0.15) is 5.10 Å². The van der Waals surface area contributed by atoms with E-state index in [0.29, 0.717) is 6.04 Å². The van der Waals surface area contributed by atoms with Gasteiger partial charge in [0.15, 0.2) is 5.82 Å². The van der Waals surface area contributed by atoms with E-state index in [2.05, 4.69) is 10.2 Å². The summed E-state index contributed by atoms with van der Waals surface area (Å²) >= 11 is 0. The maximum absolute atomic E-state index is 12.0. The molecular weight excluding hydrogens is 228 g/mol. The van der Waals surface area contributed by atoms with Crippen molar-refractivity contribution in [3.63, 3.8) is 0 Å². The molecule has 0 atom stereocenters. The van der Waals surface area contributed by atoms with Crippen LogP contribution in [0.4, 0.5) is 0 Å². The van der Waals surface area contributed by atoms with E-state index in [1.165, 1.54) is 19.3 Å². The Labute approximate surface area is 107 Å². The average molecular weight is 250 g/mol. The van der Waals surface area contributed by atoms with E-state index in [1.54, 1.807) is 0 Å².